The highest BCUT2D eigenvalue weighted by atomic mass is 16.6. The maximum Gasteiger partial charge on any atom is 0.407 e. The van der Waals surface area contributed by atoms with Gasteiger partial charge in [-0.15, -0.1) is 6.58 Å². The highest BCUT2D eigenvalue weighted by Gasteiger charge is 2.57. The van der Waals surface area contributed by atoms with Crippen LogP contribution in [0, 0.1) is 5.92 Å². The largest absolute Gasteiger partial charge is 0.453 e. The van der Waals surface area contributed by atoms with Crippen molar-refractivity contribution in [1.29, 1.82) is 0 Å². The van der Waals surface area contributed by atoms with Gasteiger partial charge in [0.2, 0.25) is 0 Å². The number of hydrogen-bond donors (Lipinski definition) is 3. The highest BCUT2D eigenvalue weighted by Crippen LogP contribution is 2.40. The second kappa shape index (κ2) is 6.53. The molecule has 0 bridgehead atoms. The van der Waals surface area contributed by atoms with E-state index in [2.05, 4.69) is 16.6 Å². The quantitative estimate of drug-likeness (QED) is 0.617. The zero-order chi connectivity index (χ0) is 15.4. The third kappa shape index (κ3) is 2.95. The summed E-state index contributed by atoms with van der Waals surface area (Å²) in [6.07, 6.45) is -0.0954. The van der Waals surface area contributed by atoms with Gasteiger partial charge in [-0.25, -0.2) is 4.79 Å². The van der Waals surface area contributed by atoms with Gasteiger partial charge in [-0.05, 0) is 13.3 Å². The lowest BCUT2D eigenvalue weighted by atomic mass is 9.69. The Balaban J connectivity index is 3.05. The van der Waals surface area contributed by atoms with E-state index in [0.717, 1.165) is 0 Å². The van der Waals surface area contributed by atoms with Crippen molar-refractivity contribution in [2.24, 2.45) is 5.92 Å². The molecule has 1 amide bonds. The first-order chi connectivity index (χ1) is 9.34. The molecule has 7 heteroatoms. The number of hydrogen-bond acceptors (Lipinski definition) is 6. The molecule has 0 aliphatic carbocycles. The van der Waals surface area contributed by atoms with Crippen molar-refractivity contribution in [3.05, 3.63) is 12.7 Å². The number of nitrogens with one attached hydrogen (secondary N) is 1. The molecule has 3 N–H and O–H groups in total. The van der Waals surface area contributed by atoms with E-state index >= 15 is 0 Å². The van der Waals surface area contributed by atoms with Crippen molar-refractivity contribution >= 4 is 6.09 Å². The monoisotopic (exact) mass is 289 g/mol. The van der Waals surface area contributed by atoms with E-state index in [1.165, 1.54) is 27.2 Å². The Morgan fingerprint density at radius 1 is 1.60 bits per heavy atom. The summed E-state index contributed by atoms with van der Waals surface area (Å²) >= 11 is 0. The second-order valence-corrected chi connectivity index (χ2v) is 5.03. The van der Waals surface area contributed by atoms with Gasteiger partial charge in [0.25, 0.3) is 0 Å². The first kappa shape index (κ1) is 16.9. The summed E-state index contributed by atoms with van der Waals surface area (Å²) in [5.74, 6) is -0.647. The van der Waals surface area contributed by atoms with Gasteiger partial charge in [-0.2, -0.15) is 0 Å². The van der Waals surface area contributed by atoms with Gasteiger partial charge in [0, 0.05) is 19.6 Å². The van der Waals surface area contributed by atoms with Gasteiger partial charge in [-0.3, -0.25) is 0 Å². The van der Waals surface area contributed by atoms with Crippen LogP contribution in [0.2, 0.25) is 0 Å². The molecular formula is C13H23NO6. The second-order valence-electron chi connectivity index (χ2n) is 5.03. The first-order valence-electron chi connectivity index (χ1n) is 6.35. The number of ether oxygens (including phenoxy) is 3. The Hall–Kier alpha value is -1.15. The minimum absolute atomic E-state index is 0.108. The topological polar surface area (TPSA) is 97.3 Å². The highest BCUT2D eigenvalue weighted by molar-refractivity contribution is 5.69. The van der Waals surface area contributed by atoms with Crippen LogP contribution in [0.1, 0.15) is 13.3 Å². The van der Waals surface area contributed by atoms with Crippen LogP contribution < -0.4 is 5.32 Å². The molecular weight excluding hydrogens is 266 g/mol. The molecule has 1 fully saturated rings. The molecule has 0 aromatic heterocycles. The van der Waals surface area contributed by atoms with Crippen molar-refractivity contribution in [2.75, 3.05) is 27.4 Å². The fraction of sp³-hybridized carbons (Fsp3) is 0.769. The Labute approximate surface area is 118 Å². The Morgan fingerprint density at radius 3 is 2.75 bits per heavy atom. The SMILES string of the molecule is C=C[C@]1(NC(=O)OC)CO[C@@H](O)[C@H](CCOC)[C@]1(C)O. The predicted molar refractivity (Wildman–Crippen MR) is 71.0 cm³/mol. The van der Waals surface area contributed by atoms with Crippen LogP contribution in [-0.4, -0.2) is 61.2 Å². The van der Waals surface area contributed by atoms with E-state index in [-0.39, 0.29) is 6.61 Å². The van der Waals surface area contributed by atoms with Crippen LogP contribution in [0.15, 0.2) is 12.7 Å². The molecule has 1 aliphatic heterocycles. The van der Waals surface area contributed by atoms with Crippen molar-refractivity contribution in [3.8, 4) is 0 Å². The zero-order valence-electron chi connectivity index (χ0n) is 12.1. The summed E-state index contributed by atoms with van der Waals surface area (Å²) in [7, 11) is 2.75. The van der Waals surface area contributed by atoms with Crippen molar-refractivity contribution in [3.63, 3.8) is 0 Å². The predicted octanol–water partition coefficient (Wildman–Crippen LogP) is 0.0195. The Kier molecular flexibility index (Phi) is 5.52. The van der Waals surface area contributed by atoms with E-state index in [9.17, 15) is 15.0 Å². The Morgan fingerprint density at radius 2 is 2.25 bits per heavy atom. The summed E-state index contributed by atoms with van der Waals surface area (Å²) in [6.45, 7) is 5.41. The molecule has 0 unspecified atom stereocenters. The molecule has 0 saturated carbocycles. The molecule has 1 rings (SSSR count). The van der Waals surface area contributed by atoms with Crippen LogP contribution in [0.5, 0.6) is 0 Å². The maximum atomic E-state index is 11.5. The summed E-state index contributed by atoms with van der Waals surface area (Å²) in [5.41, 5.74) is -2.73. The van der Waals surface area contributed by atoms with Crippen LogP contribution in [-0.2, 0) is 14.2 Å². The lowest BCUT2D eigenvalue weighted by Crippen LogP contribution is -2.72. The molecule has 0 radical (unpaired) electrons. The third-order valence-electron chi connectivity index (χ3n) is 3.94. The van der Waals surface area contributed by atoms with E-state index < -0.39 is 29.4 Å². The van der Waals surface area contributed by atoms with Gasteiger partial charge in [-0.1, -0.05) is 6.08 Å². The van der Waals surface area contributed by atoms with Gasteiger partial charge >= 0.3 is 6.09 Å². The molecule has 0 aromatic carbocycles. The fourth-order valence-electron chi connectivity index (χ4n) is 2.47. The number of alkyl carbamates (subject to hydrolysis) is 1. The van der Waals surface area contributed by atoms with Gasteiger partial charge in [0.05, 0.1) is 19.3 Å². The summed E-state index contributed by atoms with van der Waals surface area (Å²) in [6, 6.07) is 0. The van der Waals surface area contributed by atoms with Crippen LogP contribution in [0.4, 0.5) is 4.79 Å². The minimum Gasteiger partial charge on any atom is -0.453 e. The van der Waals surface area contributed by atoms with Crippen LogP contribution in [0.3, 0.4) is 0 Å². The summed E-state index contributed by atoms with van der Waals surface area (Å²) in [5, 5.41) is 23.3. The van der Waals surface area contributed by atoms with E-state index in [1.807, 2.05) is 0 Å². The fourth-order valence-corrected chi connectivity index (χ4v) is 2.47. The number of rotatable bonds is 5. The molecule has 1 aliphatic rings. The average molecular weight is 289 g/mol. The minimum atomic E-state index is -1.47. The van der Waals surface area contributed by atoms with Crippen molar-refractivity contribution in [1.82, 2.24) is 5.32 Å². The average Bonchev–Trinajstić information content (AvgIpc) is 2.41. The lowest BCUT2D eigenvalue weighted by Gasteiger charge is -2.52. The first-order valence-corrected chi connectivity index (χ1v) is 6.35. The number of amides is 1. The molecule has 7 nitrogen and oxygen atoms in total. The Bertz CT molecular complexity index is 359. The van der Waals surface area contributed by atoms with Gasteiger partial charge < -0.3 is 29.7 Å². The van der Waals surface area contributed by atoms with Gasteiger partial charge in [0.1, 0.15) is 5.54 Å². The van der Waals surface area contributed by atoms with E-state index in [1.54, 1.807) is 0 Å². The normalized spacial score (nSPS) is 37.2. The summed E-state index contributed by atoms with van der Waals surface area (Å²) < 4.78 is 14.8. The number of carbonyl (C=O) groups excluding carboxylic acids is 1. The van der Waals surface area contributed by atoms with Crippen molar-refractivity contribution in [2.45, 2.75) is 30.8 Å². The lowest BCUT2D eigenvalue weighted by molar-refractivity contribution is -0.254. The molecule has 116 valence electrons. The molecule has 1 heterocycles. The van der Waals surface area contributed by atoms with Gasteiger partial charge in [0.15, 0.2) is 6.29 Å². The standard InChI is InChI=1S/C13H23NO6/c1-5-13(14-11(16)19-4)8-20-10(15)9(6-7-18-3)12(13,2)17/h5,9-10,15,17H,1,6-8H2,2-4H3,(H,14,16)/t9-,10+,12-,13-/m0/s1. The van der Waals surface area contributed by atoms with Crippen molar-refractivity contribution < 1.29 is 29.2 Å². The van der Waals surface area contributed by atoms with E-state index in [4.69, 9.17) is 9.47 Å². The molecule has 0 spiro atoms. The molecule has 20 heavy (non-hydrogen) atoms. The summed E-state index contributed by atoms with van der Waals surface area (Å²) in [4.78, 5) is 11.5. The maximum absolute atomic E-state index is 11.5. The number of aliphatic hydroxyl groups excluding tert-OH is 1. The molecule has 1 saturated heterocycles. The number of carbonyl (C=O) groups is 1. The van der Waals surface area contributed by atoms with Crippen LogP contribution in [0.25, 0.3) is 0 Å². The number of aliphatic hydroxyl groups is 2. The third-order valence-corrected chi connectivity index (χ3v) is 3.94. The molecule has 4 atom stereocenters. The molecule has 0 aromatic rings. The van der Waals surface area contributed by atoms with E-state index in [0.29, 0.717) is 13.0 Å². The zero-order valence-corrected chi connectivity index (χ0v) is 12.1. The number of methoxy groups -OCH3 is 2. The smallest absolute Gasteiger partial charge is 0.407 e. The van der Waals surface area contributed by atoms with Crippen LogP contribution >= 0.6 is 0 Å².